The number of carbonyl (C=O) groups excluding carboxylic acids is 6. The lowest BCUT2D eigenvalue weighted by atomic mass is 9.82. The molecule has 0 spiro atoms. The maximum atomic E-state index is 12.5. The number of ether oxygens (including phenoxy) is 9. The van der Waals surface area contributed by atoms with Gasteiger partial charge in [0.15, 0.2) is 29.1 Å². The average Bonchev–Trinajstić information content (AvgIpc) is 3.14. The predicted octanol–water partition coefficient (Wildman–Crippen LogP) is 5.09. The molecule has 15 heteroatoms. The lowest BCUT2D eigenvalue weighted by molar-refractivity contribution is -0.148. The molecule has 0 bridgehead atoms. The van der Waals surface area contributed by atoms with Crippen molar-refractivity contribution < 1.29 is 71.4 Å². The number of esters is 6. The van der Waals surface area contributed by atoms with Crippen LogP contribution in [0.5, 0.6) is 23.0 Å². The van der Waals surface area contributed by atoms with E-state index in [1.165, 1.54) is 62.9 Å². The number of rotatable bonds is 19. The molecule has 0 radical (unpaired) electrons. The fraction of sp³-hybridized carbons (Fsp3) is 0.429. The molecule has 0 saturated carbocycles. The number of carbonyl (C=O) groups is 6. The molecule has 0 heterocycles. The van der Waals surface area contributed by atoms with Crippen molar-refractivity contribution in [3.63, 3.8) is 0 Å². The average molecular weight is 795 g/mol. The van der Waals surface area contributed by atoms with Gasteiger partial charge in [-0.15, -0.1) is 0 Å². The largest absolute Gasteiger partial charge is 0.493 e. The third-order valence-electron chi connectivity index (χ3n) is 8.58. The second-order valence-corrected chi connectivity index (χ2v) is 13.1. The van der Waals surface area contributed by atoms with Gasteiger partial charge in [0.05, 0.1) is 27.4 Å². The molecule has 0 N–H and O–H groups in total. The normalized spacial score (nSPS) is 15.9. The van der Waals surface area contributed by atoms with E-state index < -0.39 is 59.9 Å². The van der Waals surface area contributed by atoms with Crippen LogP contribution in [0.3, 0.4) is 0 Å². The number of benzene rings is 2. The van der Waals surface area contributed by atoms with Crippen molar-refractivity contribution in [1.82, 2.24) is 0 Å². The van der Waals surface area contributed by atoms with Gasteiger partial charge >= 0.3 is 35.8 Å². The zero-order chi connectivity index (χ0) is 42.2. The van der Waals surface area contributed by atoms with Crippen molar-refractivity contribution in [3.8, 4) is 23.0 Å². The first-order chi connectivity index (χ1) is 27.0. The molecule has 1 aliphatic carbocycles. The van der Waals surface area contributed by atoms with E-state index in [2.05, 4.69) is 0 Å². The molecule has 2 aromatic carbocycles. The topological polar surface area (TPSA) is 185 Å². The van der Waals surface area contributed by atoms with Crippen molar-refractivity contribution in [2.24, 2.45) is 11.8 Å². The van der Waals surface area contributed by atoms with Gasteiger partial charge in [0.25, 0.3) is 0 Å². The third-order valence-corrected chi connectivity index (χ3v) is 8.58. The first kappa shape index (κ1) is 45.4. The van der Waals surface area contributed by atoms with Crippen LogP contribution in [-0.2, 0) is 65.3 Å². The van der Waals surface area contributed by atoms with Gasteiger partial charge in [0, 0.05) is 71.6 Å². The van der Waals surface area contributed by atoms with Gasteiger partial charge in [-0.1, -0.05) is 12.1 Å². The molecule has 4 atom stereocenters. The van der Waals surface area contributed by atoms with Crippen LogP contribution in [0.25, 0.3) is 5.57 Å². The van der Waals surface area contributed by atoms with Crippen molar-refractivity contribution in [2.45, 2.75) is 66.6 Å². The SMILES string of the molecule is COc1cc(C[C@@H](COC(C)=O)[C@@H](COC(C)=O)Cc2cc(OC)c(OC(C)=O)c(C3=CC(/C=C/COC(C)=O)=C[C@H](OC)[C@@H]3OC(C)=O)c2)ccc1OC(C)=O. The smallest absolute Gasteiger partial charge is 0.308 e. The standard InChI is InChI=1S/C42H50O15/c1-24(43)52-14-10-11-30-17-35(41(56-28(5)47)39(20-30)50-8)36-18-32(21-40(51-9)42(36)57-29(6)48)16-34(23-54-26(3)45)33(22-53-25(2)44)15-31-12-13-37(55-27(4)46)38(19-31)49-7/h10-13,17-21,33-34,39,41H,14-16,22-23H2,1-9H3/b11-10+/t33-,34+,39-,41+/m0/s1. The number of hydrogen-bond acceptors (Lipinski definition) is 15. The highest BCUT2D eigenvalue weighted by atomic mass is 16.6. The summed E-state index contributed by atoms with van der Waals surface area (Å²) in [6.45, 7) is 7.53. The Morgan fingerprint density at radius 2 is 1.23 bits per heavy atom. The second-order valence-electron chi connectivity index (χ2n) is 13.1. The van der Waals surface area contributed by atoms with Crippen LogP contribution in [0.1, 0.15) is 58.2 Å². The van der Waals surface area contributed by atoms with Crippen LogP contribution in [-0.4, -0.2) is 89.2 Å². The lowest BCUT2D eigenvalue weighted by Gasteiger charge is -2.31. The third kappa shape index (κ3) is 14.2. The van der Waals surface area contributed by atoms with Crippen LogP contribution in [0.15, 0.2) is 60.2 Å². The second kappa shape index (κ2) is 22.0. The van der Waals surface area contributed by atoms with Crippen LogP contribution in [0.2, 0.25) is 0 Å². The Labute approximate surface area is 331 Å². The van der Waals surface area contributed by atoms with Gasteiger partial charge in [-0.2, -0.15) is 0 Å². The number of methoxy groups -OCH3 is 3. The van der Waals surface area contributed by atoms with Gasteiger partial charge < -0.3 is 42.6 Å². The van der Waals surface area contributed by atoms with E-state index in [0.29, 0.717) is 34.4 Å². The summed E-state index contributed by atoms with van der Waals surface area (Å²) in [4.78, 5) is 72.3. The maximum absolute atomic E-state index is 12.5. The first-order valence-corrected chi connectivity index (χ1v) is 18.0. The van der Waals surface area contributed by atoms with Gasteiger partial charge in [-0.3, -0.25) is 28.8 Å². The summed E-state index contributed by atoms with van der Waals surface area (Å²) >= 11 is 0. The summed E-state index contributed by atoms with van der Waals surface area (Å²) < 4.78 is 49.9. The van der Waals surface area contributed by atoms with Crippen molar-refractivity contribution in [3.05, 3.63) is 76.9 Å². The van der Waals surface area contributed by atoms with E-state index in [4.69, 9.17) is 42.6 Å². The van der Waals surface area contributed by atoms with Crippen molar-refractivity contribution >= 4 is 41.4 Å². The molecule has 1 aliphatic rings. The predicted molar refractivity (Wildman–Crippen MR) is 204 cm³/mol. The zero-order valence-electron chi connectivity index (χ0n) is 33.7. The first-order valence-electron chi connectivity index (χ1n) is 18.0. The van der Waals surface area contributed by atoms with Crippen LogP contribution < -0.4 is 18.9 Å². The Hall–Kier alpha value is -5.96. The number of allylic oxidation sites excluding steroid dienone is 3. The molecule has 57 heavy (non-hydrogen) atoms. The highest BCUT2D eigenvalue weighted by molar-refractivity contribution is 5.84. The maximum Gasteiger partial charge on any atom is 0.308 e. The molecule has 0 aliphatic heterocycles. The van der Waals surface area contributed by atoms with E-state index in [1.807, 2.05) is 0 Å². The zero-order valence-corrected chi connectivity index (χ0v) is 33.7. The fourth-order valence-electron chi connectivity index (χ4n) is 6.20. The lowest BCUT2D eigenvalue weighted by Crippen LogP contribution is -2.34. The van der Waals surface area contributed by atoms with E-state index in [9.17, 15) is 28.8 Å². The van der Waals surface area contributed by atoms with Gasteiger partial charge in [0.2, 0.25) is 0 Å². The molecular weight excluding hydrogens is 744 g/mol. The summed E-state index contributed by atoms with van der Waals surface area (Å²) in [5, 5.41) is 0. The minimum atomic E-state index is -1.01. The monoisotopic (exact) mass is 794 g/mol. The fourth-order valence-corrected chi connectivity index (χ4v) is 6.20. The molecule has 3 rings (SSSR count). The Balaban J connectivity index is 2.24. The molecule has 15 nitrogen and oxygen atoms in total. The summed E-state index contributed by atoms with van der Waals surface area (Å²) in [6, 6.07) is 8.49. The minimum absolute atomic E-state index is 0.00419. The molecular formula is C42H50O15. The van der Waals surface area contributed by atoms with E-state index in [-0.39, 0.29) is 43.5 Å². The minimum Gasteiger partial charge on any atom is -0.493 e. The molecule has 0 fully saturated rings. The summed E-state index contributed by atoms with van der Waals surface area (Å²) in [5.74, 6) is -3.42. The van der Waals surface area contributed by atoms with E-state index >= 15 is 0 Å². The van der Waals surface area contributed by atoms with Crippen LogP contribution in [0.4, 0.5) is 0 Å². The van der Waals surface area contributed by atoms with Crippen molar-refractivity contribution in [2.75, 3.05) is 41.2 Å². The summed E-state index contributed by atoms with van der Waals surface area (Å²) in [7, 11) is 4.30. The van der Waals surface area contributed by atoms with Crippen molar-refractivity contribution in [1.29, 1.82) is 0 Å². The molecule has 0 unspecified atom stereocenters. The molecule has 308 valence electrons. The Bertz CT molecular complexity index is 1890. The van der Waals surface area contributed by atoms with E-state index in [0.717, 1.165) is 5.56 Å². The molecule has 0 amide bonds. The van der Waals surface area contributed by atoms with Crippen LogP contribution in [0, 0.1) is 11.8 Å². The Morgan fingerprint density at radius 3 is 1.75 bits per heavy atom. The Kier molecular flexibility index (Phi) is 17.5. The highest BCUT2D eigenvalue weighted by Gasteiger charge is 2.35. The Morgan fingerprint density at radius 1 is 0.649 bits per heavy atom. The quantitative estimate of drug-likeness (QED) is 0.104. The van der Waals surface area contributed by atoms with E-state index in [1.54, 1.807) is 54.6 Å². The molecule has 0 saturated heterocycles. The van der Waals surface area contributed by atoms with Crippen LogP contribution >= 0.6 is 0 Å². The molecule has 0 aromatic heterocycles. The van der Waals surface area contributed by atoms with Gasteiger partial charge in [-0.05, 0) is 72.0 Å². The summed E-state index contributed by atoms with van der Waals surface area (Å²) in [6.07, 6.45) is 5.52. The summed E-state index contributed by atoms with van der Waals surface area (Å²) in [5.41, 5.74) is 2.72. The molecule has 2 aromatic rings. The van der Waals surface area contributed by atoms with Gasteiger partial charge in [-0.25, -0.2) is 0 Å². The number of hydrogen-bond donors (Lipinski definition) is 0. The van der Waals surface area contributed by atoms with Gasteiger partial charge in [0.1, 0.15) is 12.7 Å². The highest BCUT2D eigenvalue weighted by Crippen LogP contribution is 2.43.